The summed E-state index contributed by atoms with van der Waals surface area (Å²) in [7, 11) is -0.995. The molecule has 2 aliphatic rings. The van der Waals surface area contributed by atoms with Crippen LogP contribution in [0.4, 0.5) is 0 Å². The fourth-order valence-corrected chi connectivity index (χ4v) is 5.35. The molecule has 36 heavy (non-hydrogen) atoms. The van der Waals surface area contributed by atoms with Gasteiger partial charge in [-0.05, 0) is 76.3 Å². The number of halogens is 3. The number of ether oxygens (including phenoxy) is 1. The molecule has 1 aliphatic carbocycles. The third-order valence-electron chi connectivity index (χ3n) is 5.73. The summed E-state index contributed by atoms with van der Waals surface area (Å²) < 4.78 is 18.0. The minimum Gasteiger partial charge on any atom is -0.369 e. The SMILES string of the molecule is C=CC.CC(C)(C)S(=O)CC(C1CC1)N1C(=O)COCC1c1ccc(Cl)cc1.Clc1ccccc1Cl. The summed E-state index contributed by atoms with van der Waals surface area (Å²) in [6.45, 7) is 11.8. The normalized spacial score (nSPS) is 19.2. The van der Waals surface area contributed by atoms with E-state index in [1.165, 1.54) is 0 Å². The van der Waals surface area contributed by atoms with Crippen LogP contribution < -0.4 is 0 Å². The Balaban J connectivity index is 0.000000345. The first-order valence-electron chi connectivity index (χ1n) is 12.0. The maximum absolute atomic E-state index is 12.8. The molecule has 0 spiro atoms. The first kappa shape index (κ1) is 30.9. The molecule has 0 N–H and O–H groups in total. The van der Waals surface area contributed by atoms with E-state index in [1.54, 1.807) is 18.2 Å². The smallest absolute Gasteiger partial charge is 0.249 e. The molecule has 2 aromatic carbocycles. The van der Waals surface area contributed by atoms with Gasteiger partial charge in [-0.25, -0.2) is 0 Å². The number of amides is 1. The molecule has 198 valence electrons. The Hall–Kier alpha value is -1.37. The van der Waals surface area contributed by atoms with Gasteiger partial charge in [0, 0.05) is 32.4 Å². The van der Waals surface area contributed by atoms with Crippen molar-refractivity contribution >= 4 is 51.5 Å². The maximum Gasteiger partial charge on any atom is 0.249 e. The molecule has 4 nitrogen and oxygen atoms in total. The van der Waals surface area contributed by atoms with Crippen LogP contribution in [0.3, 0.4) is 0 Å². The number of carbonyl (C=O) groups excluding carboxylic acids is 1. The fraction of sp³-hybridized carbons (Fsp3) is 0.464. The fourth-order valence-electron chi connectivity index (χ4n) is 3.71. The Morgan fingerprint density at radius 3 is 2.06 bits per heavy atom. The highest BCUT2D eigenvalue weighted by Crippen LogP contribution is 2.40. The summed E-state index contributed by atoms with van der Waals surface area (Å²) in [5.74, 6) is 0.974. The zero-order valence-corrected chi connectivity index (χ0v) is 24.5. The van der Waals surface area contributed by atoms with Crippen molar-refractivity contribution < 1.29 is 13.7 Å². The Kier molecular flexibility index (Phi) is 12.5. The molecule has 3 atom stereocenters. The van der Waals surface area contributed by atoms with E-state index in [0.29, 0.717) is 33.3 Å². The molecule has 0 aromatic heterocycles. The molecule has 2 fully saturated rings. The van der Waals surface area contributed by atoms with Crippen molar-refractivity contribution in [2.24, 2.45) is 5.92 Å². The van der Waals surface area contributed by atoms with E-state index >= 15 is 0 Å². The Labute approximate surface area is 233 Å². The predicted molar refractivity (Wildman–Crippen MR) is 153 cm³/mol. The van der Waals surface area contributed by atoms with Crippen molar-refractivity contribution in [2.75, 3.05) is 19.0 Å². The average molecular weight is 573 g/mol. The summed E-state index contributed by atoms with van der Waals surface area (Å²) >= 11 is 17.2. The second-order valence-electron chi connectivity index (χ2n) is 9.74. The third kappa shape index (κ3) is 9.50. The van der Waals surface area contributed by atoms with Crippen molar-refractivity contribution in [2.45, 2.75) is 57.4 Å². The van der Waals surface area contributed by atoms with Gasteiger partial charge in [-0.3, -0.25) is 9.00 Å². The first-order valence-corrected chi connectivity index (χ1v) is 14.4. The molecule has 0 radical (unpaired) electrons. The molecule has 4 rings (SSSR count). The van der Waals surface area contributed by atoms with E-state index in [0.717, 1.165) is 18.4 Å². The molecule has 1 aliphatic heterocycles. The molecule has 0 bridgehead atoms. The van der Waals surface area contributed by atoms with Crippen LogP contribution in [0.25, 0.3) is 0 Å². The van der Waals surface area contributed by atoms with E-state index in [2.05, 4.69) is 6.58 Å². The number of allylic oxidation sites excluding steroid dienone is 1. The lowest BCUT2D eigenvalue weighted by atomic mass is 10.0. The van der Waals surface area contributed by atoms with Crippen LogP contribution in [0, 0.1) is 5.92 Å². The monoisotopic (exact) mass is 571 g/mol. The van der Waals surface area contributed by atoms with Gasteiger partial charge >= 0.3 is 0 Å². The molecule has 3 unspecified atom stereocenters. The van der Waals surface area contributed by atoms with Gasteiger partial charge in [-0.15, -0.1) is 6.58 Å². The molecule has 2 aromatic rings. The predicted octanol–water partition coefficient (Wildman–Crippen LogP) is 7.75. The van der Waals surface area contributed by atoms with Crippen LogP contribution in [-0.4, -0.2) is 44.8 Å². The summed E-state index contributed by atoms with van der Waals surface area (Å²) in [5.41, 5.74) is 1.02. The number of rotatable bonds is 5. The lowest BCUT2D eigenvalue weighted by Gasteiger charge is -2.42. The second-order valence-corrected chi connectivity index (χ2v) is 13.2. The van der Waals surface area contributed by atoms with Crippen molar-refractivity contribution in [1.82, 2.24) is 4.90 Å². The Morgan fingerprint density at radius 1 is 1.08 bits per heavy atom. The van der Waals surface area contributed by atoms with Crippen LogP contribution in [-0.2, 0) is 20.3 Å². The number of hydrogen-bond donors (Lipinski definition) is 0. The largest absolute Gasteiger partial charge is 0.369 e. The minimum atomic E-state index is -0.995. The van der Waals surface area contributed by atoms with Crippen LogP contribution in [0.1, 0.15) is 52.1 Å². The summed E-state index contributed by atoms with van der Waals surface area (Å²) in [5, 5.41) is 1.88. The second kappa shape index (κ2) is 14.5. The molecular formula is C28H36Cl3NO3S. The lowest BCUT2D eigenvalue weighted by molar-refractivity contribution is -0.152. The number of hydrogen-bond acceptors (Lipinski definition) is 3. The van der Waals surface area contributed by atoms with Crippen LogP contribution in [0.2, 0.25) is 15.1 Å². The number of nitrogens with zero attached hydrogens (tertiary/aromatic N) is 1. The summed E-state index contributed by atoms with van der Waals surface area (Å²) in [4.78, 5) is 14.7. The zero-order chi connectivity index (χ0) is 26.9. The molecule has 1 saturated heterocycles. The van der Waals surface area contributed by atoms with Gasteiger partial charge in [-0.2, -0.15) is 0 Å². The highest BCUT2D eigenvalue weighted by atomic mass is 35.5. The third-order valence-corrected chi connectivity index (χ3v) is 8.75. The Morgan fingerprint density at radius 2 is 1.61 bits per heavy atom. The molecule has 1 heterocycles. The molecule has 8 heteroatoms. The van der Waals surface area contributed by atoms with Crippen LogP contribution in [0.15, 0.2) is 61.2 Å². The van der Waals surface area contributed by atoms with Crippen molar-refractivity contribution in [3.63, 3.8) is 0 Å². The highest BCUT2D eigenvalue weighted by Gasteiger charge is 2.44. The van der Waals surface area contributed by atoms with Crippen LogP contribution in [0.5, 0.6) is 0 Å². The molecular weight excluding hydrogens is 537 g/mol. The maximum atomic E-state index is 12.8. The summed E-state index contributed by atoms with van der Waals surface area (Å²) in [6.07, 6.45) is 3.95. The van der Waals surface area contributed by atoms with Gasteiger partial charge in [0.1, 0.15) is 6.61 Å². The standard InChI is InChI=1S/C19H26ClNO3S.C6H4Cl2.C3H6/c1-19(2,3)25(23)12-17(14-4-5-14)21-16(10-24-11-18(21)22)13-6-8-15(20)9-7-13;7-5-3-1-2-4-6(5)8;1-3-2/h6-9,14,16-17H,4-5,10-12H2,1-3H3;1-4H;3H,1H2,2H3. The highest BCUT2D eigenvalue weighted by molar-refractivity contribution is 7.86. The van der Waals surface area contributed by atoms with E-state index in [-0.39, 0.29) is 29.3 Å². The van der Waals surface area contributed by atoms with Gasteiger partial charge in [0.2, 0.25) is 5.91 Å². The Bertz CT molecular complexity index is 998. The number of carbonyl (C=O) groups is 1. The van der Waals surface area contributed by atoms with E-state index < -0.39 is 10.8 Å². The first-order chi connectivity index (χ1) is 17.0. The quantitative estimate of drug-likeness (QED) is 0.344. The number of morpholine rings is 1. The molecule has 1 amide bonds. The van der Waals surface area contributed by atoms with Gasteiger partial charge in [0.15, 0.2) is 0 Å². The van der Waals surface area contributed by atoms with Crippen molar-refractivity contribution in [1.29, 1.82) is 0 Å². The average Bonchev–Trinajstić information content (AvgIpc) is 3.66. The minimum absolute atomic E-state index is 0.00555. The molecule has 1 saturated carbocycles. The van der Waals surface area contributed by atoms with Crippen LogP contribution >= 0.6 is 34.8 Å². The van der Waals surface area contributed by atoms with E-state index in [4.69, 9.17) is 39.5 Å². The van der Waals surface area contributed by atoms with Gasteiger partial charge < -0.3 is 9.64 Å². The summed E-state index contributed by atoms with van der Waals surface area (Å²) in [6, 6.07) is 14.6. The topological polar surface area (TPSA) is 46.6 Å². The lowest BCUT2D eigenvalue weighted by Crippen LogP contribution is -2.53. The van der Waals surface area contributed by atoms with Crippen molar-refractivity contribution in [3.8, 4) is 0 Å². The number of benzene rings is 2. The van der Waals surface area contributed by atoms with E-state index in [9.17, 15) is 9.00 Å². The van der Waals surface area contributed by atoms with E-state index in [1.807, 2.05) is 69.0 Å². The zero-order valence-electron chi connectivity index (χ0n) is 21.4. The van der Waals surface area contributed by atoms with Gasteiger partial charge in [0.05, 0.1) is 22.7 Å². The van der Waals surface area contributed by atoms with Crippen molar-refractivity contribution in [3.05, 3.63) is 81.8 Å². The van der Waals surface area contributed by atoms with Gasteiger partial charge in [0.25, 0.3) is 0 Å². The van der Waals surface area contributed by atoms with Gasteiger partial charge in [-0.1, -0.05) is 65.1 Å².